The molecular weight excluding hydrogens is 328 g/mol. The third-order valence-corrected chi connectivity index (χ3v) is 5.10. The summed E-state index contributed by atoms with van der Waals surface area (Å²) in [7, 11) is 0. The first-order chi connectivity index (χ1) is 12.7. The van der Waals surface area contributed by atoms with E-state index in [9.17, 15) is 4.79 Å². The molecule has 0 unspecified atom stereocenters. The van der Waals surface area contributed by atoms with E-state index in [1.807, 2.05) is 37.4 Å². The molecule has 136 valence electrons. The number of pyridine rings is 1. The van der Waals surface area contributed by atoms with E-state index < -0.39 is 0 Å². The van der Waals surface area contributed by atoms with Gasteiger partial charge in [0.1, 0.15) is 11.6 Å². The first-order valence-corrected chi connectivity index (χ1v) is 9.40. The van der Waals surface area contributed by atoms with Crippen LogP contribution in [0.3, 0.4) is 0 Å². The average Bonchev–Trinajstić information content (AvgIpc) is 3.26. The summed E-state index contributed by atoms with van der Waals surface area (Å²) in [4.78, 5) is 17.5. The molecule has 0 aliphatic heterocycles. The lowest BCUT2D eigenvalue weighted by Crippen LogP contribution is -2.26. The molecule has 4 rings (SSSR count). The lowest BCUT2D eigenvalue weighted by atomic mass is 9.89. The SMILES string of the molecule is Cc1cc(CCNC(=O)c2nc(C3CCCCC3)n3ccccc23)no1. The van der Waals surface area contributed by atoms with E-state index >= 15 is 0 Å². The molecule has 26 heavy (non-hydrogen) atoms. The third-order valence-electron chi connectivity index (χ3n) is 5.10. The second kappa shape index (κ2) is 7.32. The minimum Gasteiger partial charge on any atom is -0.361 e. The quantitative estimate of drug-likeness (QED) is 0.761. The van der Waals surface area contributed by atoms with Crippen LogP contribution in [-0.4, -0.2) is 27.0 Å². The summed E-state index contributed by atoms with van der Waals surface area (Å²) in [5.74, 6) is 2.12. The Kier molecular flexibility index (Phi) is 4.73. The van der Waals surface area contributed by atoms with Gasteiger partial charge in [-0.15, -0.1) is 0 Å². The number of nitrogens with zero attached hydrogens (tertiary/aromatic N) is 3. The summed E-state index contributed by atoms with van der Waals surface area (Å²) in [6.45, 7) is 2.37. The van der Waals surface area contributed by atoms with Gasteiger partial charge in [-0.2, -0.15) is 0 Å². The van der Waals surface area contributed by atoms with Crippen molar-refractivity contribution < 1.29 is 9.32 Å². The number of aromatic nitrogens is 3. The summed E-state index contributed by atoms with van der Waals surface area (Å²) in [5.41, 5.74) is 2.24. The molecule has 1 N–H and O–H groups in total. The zero-order valence-corrected chi connectivity index (χ0v) is 15.1. The van der Waals surface area contributed by atoms with Crippen molar-refractivity contribution in [2.75, 3.05) is 6.54 Å². The van der Waals surface area contributed by atoms with Crippen LogP contribution in [0.2, 0.25) is 0 Å². The van der Waals surface area contributed by atoms with Crippen molar-refractivity contribution in [1.82, 2.24) is 19.9 Å². The first-order valence-electron chi connectivity index (χ1n) is 9.40. The van der Waals surface area contributed by atoms with Gasteiger partial charge in [0.25, 0.3) is 5.91 Å². The molecule has 6 heteroatoms. The van der Waals surface area contributed by atoms with Gasteiger partial charge in [0.05, 0.1) is 11.2 Å². The first kappa shape index (κ1) is 16.8. The van der Waals surface area contributed by atoms with E-state index in [2.05, 4.69) is 14.9 Å². The Hall–Kier alpha value is -2.63. The molecule has 6 nitrogen and oxygen atoms in total. The zero-order valence-electron chi connectivity index (χ0n) is 15.1. The topological polar surface area (TPSA) is 72.4 Å². The van der Waals surface area contributed by atoms with Gasteiger partial charge in [-0.3, -0.25) is 4.79 Å². The number of rotatable bonds is 5. The number of nitrogens with one attached hydrogen (secondary N) is 1. The number of carbonyl (C=O) groups excluding carboxylic acids is 1. The van der Waals surface area contributed by atoms with Gasteiger partial charge in [-0.05, 0) is 31.9 Å². The molecule has 0 radical (unpaired) electrons. The number of hydrogen-bond donors (Lipinski definition) is 1. The maximum atomic E-state index is 12.7. The fraction of sp³-hybridized carbons (Fsp3) is 0.450. The van der Waals surface area contributed by atoms with Crippen LogP contribution in [0.15, 0.2) is 35.0 Å². The average molecular weight is 352 g/mol. The Morgan fingerprint density at radius 1 is 1.31 bits per heavy atom. The van der Waals surface area contributed by atoms with E-state index in [1.165, 1.54) is 19.3 Å². The summed E-state index contributed by atoms with van der Waals surface area (Å²) in [6.07, 6.45) is 8.75. The molecule has 3 aromatic heterocycles. The Morgan fingerprint density at radius 2 is 2.15 bits per heavy atom. The van der Waals surface area contributed by atoms with Crippen LogP contribution in [-0.2, 0) is 6.42 Å². The van der Waals surface area contributed by atoms with Crippen molar-refractivity contribution in [3.63, 3.8) is 0 Å². The third kappa shape index (κ3) is 3.36. The summed E-state index contributed by atoms with van der Waals surface area (Å²) >= 11 is 0. The fourth-order valence-corrected chi connectivity index (χ4v) is 3.80. The molecule has 0 spiro atoms. The second-order valence-corrected chi connectivity index (χ2v) is 7.04. The van der Waals surface area contributed by atoms with Crippen LogP contribution in [0.1, 0.15) is 65.8 Å². The van der Waals surface area contributed by atoms with Crippen LogP contribution in [0.25, 0.3) is 5.52 Å². The van der Waals surface area contributed by atoms with Gasteiger partial charge in [0, 0.05) is 31.1 Å². The van der Waals surface area contributed by atoms with E-state index in [4.69, 9.17) is 9.51 Å². The highest BCUT2D eigenvalue weighted by atomic mass is 16.5. The number of imidazole rings is 1. The standard InChI is InChI=1S/C20H24N4O2/c1-14-13-16(23-26-14)10-11-21-20(25)18-17-9-5-6-12-24(17)19(22-18)15-7-3-2-4-8-15/h5-6,9,12-13,15H,2-4,7-8,10-11H2,1H3,(H,21,25). The molecule has 3 aromatic rings. The van der Waals surface area contributed by atoms with Crippen LogP contribution in [0.4, 0.5) is 0 Å². The highest BCUT2D eigenvalue weighted by Crippen LogP contribution is 2.33. The largest absolute Gasteiger partial charge is 0.361 e. The molecule has 0 bridgehead atoms. The van der Waals surface area contributed by atoms with Gasteiger partial charge in [0.2, 0.25) is 0 Å². The van der Waals surface area contributed by atoms with Crippen molar-refractivity contribution in [2.24, 2.45) is 0 Å². The summed E-state index contributed by atoms with van der Waals surface area (Å²) < 4.78 is 7.15. The molecule has 0 saturated heterocycles. The fourth-order valence-electron chi connectivity index (χ4n) is 3.80. The van der Waals surface area contributed by atoms with Crippen LogP contribution in [0, 0.1) is 6.92 Å². The van der Waals surface area contributed by atoms with E-state index in [-0.39, 0.29) is 5.91 Å². The molecule has 1 saturated carbocycles. The van der Waals surface area contributed by atoms with Crippen molar-refractivity contribution in [3.8, 4) is 0 Å². The van der Waals surface area contributed by atoms with Crippen LogP contribution in [0.5, 0.6) is 0 Å². The molecular formula is C20H24N4O2. The van der Waals surface area contributed by atoms with Gasteiger partial charge < -0.3 is 14.2 Å². The Bertz CT molecular complexity index is 906. The summed E-state index contributed by atoms with van der Waals surface area (Å²) in [5, 5.41) is 6.92. The van der Waals surface area contributed by atoms with Crippen molar-refractivity contribution in [1.29, 1.82) is 0 Å². The Morgan fingerprint density at radius 3 is 2.92 bits per heavy atom. The van der Waals surface area contributed by atoms with Crippen molar-refractivity contribution in [2.45, 2.75) is 51.4 Å². The normalized spacial score (nSPS) is 15.4. The van der Waals surface area contributed by atoms with Gasteiger partial charge in [-0.1, -0.05) is 30.5 Å². The number of aryl methyl sites for hydroxylation is 1. The smallest absolute Gasteiger partial charge is 0.272 e. The minimum atomic E-state index is -0.129. The number of amides is 1. The number of carbonyl (C=O) groups is 1. The van der Waals surface area contributed by atoms with Gasteiger partial charge in [-0.25, -0.2) is 4.98 Å². The van der Waals surface area contributed by atoms with E-state index in [0.29, 0.717) is 24.6 Å². The number of hydrogen-bond acceptors (Lipinski definition) is 4. The minimum absolute atomic E-state index is 0.129. The van der Waals surface area contributed by atoms with E-state index in [1.54, 1.807) is 0 Å². The molecule has 1 fully saturated rings. The van der Waals surface area contributed by atoms with Gasteiger partial charge >= 0.3 is 0 Å². The monoisotopic (exact) mass is 352 g/mol. The van der Waals surface area contributed by atoms with Crippen molar-refractivity contribution >= 4 is 11.4 Å². The Labute approximate surface area is 152 Å². The molecule has 3 heterocycles. The zero-order chi connectivity index (χ0) is 17.9. The highest BCUT2D eigenvalue weighted by Gasteiger charge is 2.24. The highest BCUT2D eigenvalue weighted by molar-refractivity contribution is 5.99. The lowest BCUT2D eigenvalue weighted by Gasteiger charge is -2.20. The predicted molar refractivity (Wildman–Crippen MR) is 98.3 cm³/mol. The second-order valence-electron chi connectivity index (χ2n) is 7.04. The maximum Gasteiger partial charge on any atom is 0.272 e. The lowest BCUT2D eigenvalue weighted by molar-refractivity contribution is 0.0951. The van der Waals surface area contributed by atoms with Crippen molar-refractivity contribution in [3.05, 3.63) is 53.4 Å². The maximum absolute atomic E-state index is 12.7. The molecule has 0 atom stereocenters. The van der Waals surface area contributed by atoms with Crippen LogP contribution < -0.4 is 5.32 Å². The summed E-state index contributed by atoms with van der Waals surface area (Å²) in [6, 6.07) is 7.81. The molecule has 1 aliphatic rings. The molecule has 0 aromatic carbocycles. The number of fused-ring (bicyclic) bond motifs is 1. The van der Waals surface area contributed by atoms with Crippen LogP contribution >= 0.6 is 0 Å². The van der Waals surface area contributed by atoms with E-state index in [0.717, 1.165) is 35.6 Å². The Balaban J connectivity index is 1.52. The molecule has 1 aliphatic carbocycles. The van der Waals surface area contributed by atoms with Gasteiger partial charge in [0.15, 0.2) is 5.69 Å². The predicted octanol–water partition coefficient (Wildman–Crippen LogP) is 3.65. The molecule has 1 amide bonds.